The zero-order valence-corrected chi connectivity index (χ0v) is 7.50. The van der Waals surface area contributed by atoms with Crippen LogP contribution in [0.4, 0.5) is 0 Å². The van der Waals surface area contributed by atoms with Crippen molar-refractivity contribution >= 4 is 0 Å². The first kappa shape index (κ1) is 8.97. The van der Waals surface area contributed by atoms with Crippen molar-refractivity contribution in [2.24, 2.45) is 0 Å². The molecule has 0 spiro atoms. The van der Waals surface area contributed by atoms with Gasteiger partial charge in [0.2, 0.25) is 0 Å². The van der Waals surface area contributed by atoms with Crippen molar-refractivity contribution in [1.29, 1.82) is 0 Å². The lowest BCUT2D eigenvalue weighted by molar-refractivity contribution is -0.0616. The highest BCUT2D eigenvalue weighted by Gasteiger charge is 2.33. The fourth-order valence-electron chi connectivity index (χ4n) is 1.40. The van der Waals surface area contributed by atoms with Crippen LogP contribution in [0, 0.1) is 0 Å². The third-order valence-corrected chi connectivity index (χ3v) is 2.06. The average Bonchev–Trinajstić information content (AvgIpc) is 2.10. The Morgan fingerprint density at radius 3 is 2.64 bits per heavy atom. The zero-order valence-electron chi connectivity index (χ0n) is 7.50. The Bertz CT molecular complexity index is 134. The summed E-state index contributed by atoms with van der Waals surface area (Å²) in [5, 5.41) is 9.15. The second-order valence-electron chi connectivity index (χ2n) is 3.59. The summed E-state index contributed by atoms with van der Waals surface area (Å²) in [6.07, 6.45) is -0.268. The Morgan fingerprint density at radius 2 is 2.27 bits per heavy atom. The summed E-state index contributed by atoms with van der Waals surface area (Å²) in [5.74, 6) is 0. The van der Waals surface area contributed by atoms with Crippen LogP contribution in [0.2, 0.25) is 0 Å². The molecule has 0 radical (unpaired) electrons. The molecule has 1 aliphatic rings. The lowest BCUT2D eigenvalue weighted by Crippen LogP contribution is -2.42. The van der Waals surface area contributed by atoms with E-state index in [4.69, 9.17) is 9.84 Å². The number of aliphatic hydroxyl groups is 1. The van der Waals surface area contributed by atoms with E-state index in [1.165, 1.54) is 0 Å². The molecular weight excluding hydrogens is 142 g/mol. The standard InChI is InChI=1S/C8H17NO2/c1-7(10)6-9-4-5-11-8(9,2)3/h7,10H,4-6H2,1-3H3. The quantitative estimate of drug-likeness (QED) is 0.634. The van der Waals surface area contributed by atoms with Gasteiger partial charge in [-0.25, -0.2) is 0 Å². The van der Waals surface area contributed by atoms with Crippen molar-refractivity contribution < 1.29 is 9.84 Å². The number of hydrogen-bond acceptors (Lipinski definition) is 3. The fourth-order valence-corrected chi connectivity index (χ4v) is 1.40. The first-order valence-electron chi connectivity index (χ1n) is 4.09. The van der Waals surface area contributed by atoms with Crippen molar-refractivity contribution in [3.63, 3.8) is 0 Å². The predicted octanol–water partition coefficient (Wildman–Crippen LogP) is 0.435. The predicted molar refractivity (Wildman–Crippen MR) is 43.3 cm³/mol. The molecule has 1 rings (SSSR count). The average molecular weight is 159 g/mol. The van der Waals surface area contributed by atoms with Crippen LogP contribution in [0.25, 0.3) is 0 Å². The number of ether oxygens (including phenoxy) is 1. The van der Waals surface area contributed by atoms with Crippen LogP contribution in [-0.4, -0.2) is 41.5 Å². The van der Waals surface area contributed by atoms with Crippen LogP contribution in [0.3, 0.4) is 0 Å². The van der Waals surface area contributed by atoms with Crippen molar-refractivity contribution in [1.82, 2.24) is 4.90 Å². The maximum atomic E-state index is 9.15. The molecule has 0 saturated carbocycles. The Morgan fingerprint density at radius 1 is 1.64 bits per heavy atom. The van der Waals surface area contributed by atoms with E-state index in [9.17, 15) is 0 Å². The number of nitrogens with zero attached hydrogens (tertiary/aromatic N) is 1. The van der Waals surface area contributed by atoms with Crippen LogP contribution >= 0.6 is 0 Å². The van der Waals surface area contributed by atoms with Crippen LogP contribution in [0.15, 0.2) is 0 Å². The minimum absolute atomic E-state index is 0.184. The van der Waals surface area contributed by atoms with E-state index in [0.29, 0.717) is 6.54 Å². The van der Waals surface area contributed by atoms with Gasteiger partial charge in [-0.1, -0.05) is 0 Å². The van der Waals surface area contributed by atoms with Gasteiger partial charge < -0.3 is 9.84 Å². The monoisotopic (exact) mass is 159 g/mol. The maximum absolute atomic E-state index is 9.15. The molecule has 0 aliphatic carbocycles. The first-order chi connectivity index (χ1) is 5.02. The summed E-state index contributed by atoms with van der Waals surface area (Å²) >= 11 is 0. The Hall–Kier alpha value is -0.120. The Labute approximate surface area is 68.0 Å². The molecule has 0 aromatic carbocycles. The van der Waals surface area contributed by atoms with E-state index >= 15 is 0 Å². The van der Waals surface area contributed by atoms with Crippen molar-refractivity contribution in [3.8, 4) is 0 Å². The van der Waals surface area contributed by atoms with Crippen molar-refractivity contribution in [3.05, 3.63) is 0 Å². The van der Waals surface area contributed by atoms with Gasteiger partial charge >= 0.3 is 0 Å². The van der Waals surface area contributed by atoms with Crippen LogP contribution in [-0.2, 0) is 4.74 Å². The van der Waals surface area contributed by atoms with Crippen LogP contribution in [0.5, 0.6) is 0 Å². The van der Waals surface area contributed by atoms with Crippen LogP contribution < -0.4 is 0 Å². The Balaban J connectivity index is 2.45. The minimum Gasteiger partial charge on any atom is -0.392 e. The fraction of sp³-hybridized carbons (Fsp3) is 1.00. The lowest BCUT2D eigenvalue weighted by atomic mass is 10.2. The molecule has 0 amide bonds. The van der Waals surface area contributed by atoms with Crippen molar-refractivity contribution in [2.75, 3.05) is 19.7 Å². The first-order valence-corrected chi connectivity index (χ1v) is 4.09. The number of hydrogen-bond donors (Lipinski definition) is 1. The molecule has 1 heterocycles. The van der Waals surface area contributed by atoms with Gasteiger partial charge in [-0.3, -0.25) is 4.90 Å². The molecule has 1 atom stereocenters. The van der Waals surface area contributed by atoms with E-state index in [1.807, 2.05) is 13.8 Å². The van der Waals surface area contributed by atoms with Gasteiger partial charge in [0.25, 0.3) is 0 Å². The third-order valence-electron chi connectivity index (χ3n) is 2.06. The van der Waals surface area contributed by atoms with Gasteiger partial charge in [-0.2, -0.15) is 0 Å². The number of rotatable bonds is 2. The Kier molecular flexibility index (Phi) is 2.52. The van der Waals surface area contributed by atoms with Gasteiger partial charge in [0, 0.05) is 13.1 Å². The highest BCUT2D eigenvalue weighted by Crippen LogP contribution is 2.21. The molecular formula is C8H17NO2. The molecule has 3 heteroatoms. The number of β-amino-alcohol motifs (C(OH)–C–C–N with tert-alkyl or cyclic N) is 1. The van der Waals surface area contributed by atoms with E-state index in [1.54, 1.807) is 6.92 Å². The normalized spacial score (nSPS) is 27.3. The van der Waals surface area contributed by atoms with Gasteiger partial charge in [0.1, 0.15) is 5.72 Å². The summed E-state index contributed by atoms with van der Waals surface area (Å²) in [5.41, 5.74) is -0.184. The third kappa shape index (κ3) is 2.15. The summed E-state index contributed by atoms with van der Waals surface area (Å²) in [4.78, 5) is 2.15. The molecule has 66 valence electrons. The zero-order chi connectivity index (χ0) is 8.48. The van der Waals surface area contributed by atoms with Gasteiger partial charge in [-0.05, 0) is 20.8 Å². The number of aliphatic hydroxyl groups excluding tert-OH is 1. The van der Waals surface area contributed by atoms with Crippen molar-refractivity contribution in [2.45, 2.75) is 32.6 Å². The molecule has 11 heavy (non-hydrogen) atoms. The summed E-state index contributed by atoms with van der Waals surface area (Å²) < 4.78 is 5.47. The topological polar surface area (TPSA) is 32.7 Å². The summed E-state index contributed by atoms with van der Waals surface area (Å²) in [6.45, 7) is 8.27. The SMILES string of the molecule is CC(O)CN1CCOC1(C)C. The molecule has 1 fully saturated rings. The second kappa shape index (κ2) is 3.09. The van der Waals surface area contributed by atoms with E-state index in [-0.39, 0.29) is 11.8 Å². The van der Waals surface area contributed by atoms with Gasteiger partial charge in [0.05, 0.1) is 12.7 Å². The van der Waals surface area contributed by atoms with Gasteiger partial charge in [0.15, 0.2) is 0 Å². The molecule has 0 aromatic rings. The van der Waals surface area contributed by atoms with Gasteiger partial charge in [-0.15, -0.1) is 0 Å². The summed E-state index contributed by atoms with van der Waals surface area (Å²) in [6, 6.07) is 0. The van der Waals surface area contributed by atoms with E-state index < -0.39 is 0 Å². The smallest absolute Gasteiger partial charge is 0.116 e. The lowest BCUT2D eigenvalue weighted by Gasteiger charge is -2.30. The molecule has 1 saturated heterocycles. The van der Waals surface area contributed by atoms with E-state index in [2.05, 4.69) is 4.90 Å². The molecule has 1 aliphatic heterocycles. The molecule has 0 aromatic heterocycles. The molecule has 3 nitrogen and oxygen atoms in total. The molecule has 1 N–H and O–H groups in total. The highest BCUT2D eigenvalue weighted by molar-refractivity contribution is 4.78. The second-order valence-corrected chi connectivity index (χ2v) is 3.59. The van der Waals surface area contributed by atoms with Crippen LogP contribution in [0.1, 0.15) is 20.8 Å². The summed E-state index contributed by atoms with van der Waals surface area (Å²) in [7, 11) is 0. The largest absolute Gasteiger partial charge is 0.392 e. The molecule has 1 unspecified atom stereocenters. The minimum atomic E-state index is -0.268. The molecule has 0 bridgehead atoms. The maximum Gasteiger partial charge on any atom is 0.116 e. The van der Waals surface area contributed by atoms with E-state index in [0.717, 1.165) is 13.2 Å². The highest BCUT2D eigenvalue weighted by atomic mass is 16.5.